The molecule has 2 rings (SSSR count). The molecule has 0 atom stereocenters. The Balaban J connectivity index is 2.48. The number of benzene rings is 1. The van der Waals surface area contributed by atoms with Crippen molar-refractivity contribution >= 4 is 6.91 Å². The molecular formula is C12H11B. The van der Waals surface area contributed by atoms with Gasteiger partial charge in [-0.1, -0.05) is 0 Å². The molecule has 0 aliphatic heterocycles. The first-order chi connectivity index (χ1) is 6.36. The van der Waals surface area contributed by atoms with E-state index in [9.17, 15) is 0 Å². The van der Waals surface area contributed by atoms with Gasteiger partial charge in [0.15, 0.2) is 0 Å². The summed E-state index contributed by atoms with van der Waals surface area (Å²) in [6.07, 6.45) is 0. The van der Waals surface area contributed by atoms with E-state index in [4.69, 9.17) is 0 Å². The molecule has 0 spiro atoms. The second kappa shape index (κ2) is 3.57. The van der Waals surface area contributed by atoms with Crippen molar-refractivity contribution in [3.8, 4) is 11.1 Å². The predicted molar refractivity (Wildman–Crippen MR) is 58.0 cm³/mol. The van der Waals surface area contributed by atoms with Gasteiger partial charge in [0.05, 0.1) is 0 Å². The summed E-state index contributed by atoms with van der Waals surface area (Å²) in [5, 5.41) is 0. The third kappa shape index (κ3) is 1.86. The maximum atomic E-state index is 2.20. The van der Waals surface area contributed by atoms with Gasteiger partial charge in [0.1, 0.15) is 0 Å². The molecular weight excluding hydrogens is 155 g/mol. The number of rotatable bonds is 1. The van der Waals surface area contributed by atoms with Crippen molar-refractivity contribution in [2.75, 3.05) is 0 Å². The normalized spacial score (nSPS) is 9.62. The monoisotopic (exact) mass is 166 g/mol. The van der Waals surface area contributed by atoms with Gasteiger partial charge >= 0.3 is 78.8 Å². The van der Waals surface area contributed by atoms with Crippen LogP contribution in [-0.4, -0.2) is 6.91 Å². The fourth-order valence-electron chi connectivity index (χ4n) is 1.46. The average Bonchev–Trinajstić information content (AvgIpc) is 2.19. The van der Waals surface area contributed by atoms with Gasteiger partial charge in [0.25, 0.3) is 0 Å². The Hall–Kier alpha value is -1.37. The van der Waals surface area contributed by atoms with Crippen molar-refractivity contribution in [3.05, 3.63) is 53.9 Å². The summed E-state index contributed by atoms with van der Waals surface area (Å²) in [5.41, 5.74) is 3.88. The molecule has 1 aromatic heterocycles. The quantitative estimate of drug-likeness (QED) is 0.610. The molecule has 0 radical (unpaired) electrons. The molecule has 1 heterocycles. The SMILES string of the molecule is Cc1bccc(-c2ccccc2)c1. The second-order valence-corrected chi connectivity index (χ2v) is 3.24. The summed E-state index contributed by atoms with van der Waals surface area (Å²) in [6.45, 7) is 4.24. The zero-order valence-electron chi connectivity index (χ0n) is 7.70. The molecule has 0 aliphatic rings. The first kappa shape index (κ1) is 8.24. The van der Waals surface area contributed by atoms with E-state index in [-0.39, 0.29) is 0 Å². The number of hydrogen-bond donors (Lipinski definition) is 0. The van der Waals surface area contributed by atoms with Crippen LogP contribution >= 0.6 is 0 Å². The zero-order valence-corrected chi connectivity index (χ0v) is 7.70. The van der Waals surface area contributed by atoms with Crippen LogP contribution in [0, 0.1) is 6.92 Å². The summed E-state index contributed by atoms with van der Waals surface area (Å²) in [5.74, 6) is 2.09. The molecule has 13 heavy (non-hydrogen) atoms. The molecule has 0 N–H and O–H groups in total. The molecule has 0 aliphatic carbocycles. The fraction of sp³-hybridized carbons (Fsp3) is 0.0833. The first-order valence-corrected chi connectivity index (χ1v) is 4.48. The van der Waals surface area contributed by atoms with Gasteiger partial charge in [-0.25, -0.2) is 0 Å². The van der Waals surface area contributed by atoms with Crippen molar-refractivity contribution in [3.63, 3.8) is 0 Å². The Morgan fingerprint density at radius 2 is 1.69 bits per heavy atom. The van der Waals surface area contributed by atoms with E-state index >= 15 is 0 Å². The molecule has 1 aromatic carbocycles. The number of hydrogen-bond acceptors (Lipinski definition) is 0. The van der Waals surface area contributed by atoms with E-state index in [0.717, 1.165) is 0 Å². The van der Waals surface area contributed by atoms with Crippen molar-refractivity contribution < 1.29 is 0 Å². The van der Waals surface area contributed by atoms with E-state index in [1.165, 1.54) is 16.6 Å². The van der Waals surface area contributed by atoms with Crippen molar-refractivity contribution in [1.29, 1.82) is 0 Å². The molecule has 0 fully saturated rings. The Labute approximate surface area is 79.5 Å². The van der Waals surface area contributed by atoms with Crippen LogP contribution in [0.2, 0.25) is 0 Å². The van der Waals surface area contributed by atoms with Crippen molar-refractivity contribution in [2.45, 2.75) is 6.92 Å². The van der Waals surface area contributed by atoms with E-state index < -0.39 is 0 Å². The van der Waals surface area contributed by atoms with E-state index in [2.05, 4.69) is 56.2 Å². The second-order valence-electron chi connectivity index (χ2n) is 3.24. The standard InChI is InChI=1S/C12H11B/c1-10-9-12(7-8-13-10)11-5-3-2-4-6-11/h2-9H,1H3. The van der Waals surface area contributed by atoms with E-state index in [0.29, 0.717) is 0 Å². The summed E-state index contributed by atoms with van der Waals surface area (Å²) >= 11 is 0. The molecule has 2 aromatic rings. The molecule has 0 saturated carbocycles. The van der Waals surface area contributed by atoms with Crippen molar-refractivity contribution in [2.24, 2.45) is 0 Å². The molecule has 0 unspecified atom stereocenters. The van der Waals surface area contributed by atoms with Gasteiger partial charge in [-0.3, -0.25) is 0 Å². The van der Waals surface area contributed by atoms with Crippen LogP contribution in [0.3, 0.4) is 0 Å². The van der Waals surface area contributed by atoms with Gasteiger partial charge in [0, 0.05) is 0 Å². The minimum atomic E-state index is 1.28. The predicted octanol–water partition coefficient (Wildman–Crippen LogP) is 3.00. The Morgan fingerprint density at radius 3 is 2.38 bits per heavy atom. The van der Waals surface area contributed by atoms with Crippen LogP contribution in [0.15, 0.2) is 48.4 Å². The van der Waals surface area contributed by atoms with Gasteiger partial charge < -0.3 is 0 Å². The van der Waals surface area contributed by atoms with Crippen LogP contribution in [-0.2, 0) is 0 Å². The third-order valence-corrected chi connectivity index (χ3v) is 2.13. The zero-order chi connectivity index (χ0) is 9.10. The van der Waals surface area contributed by atoms with Crippen LogP contribution in [0.1, 0.15) is 5.46 Å². The van der Waals surface area contributed by atoms with E-state index in [1.807, 2.05) is 6.07 Å². The summed E-state index contributed by atoms with van der Waals surface area (Å²) in [6, 6.07) is 14.8. The Bertz CT molecular complexity index is 393. The molecule has 1 heteroatoms. The summed E-state index contributed by atoms with van der Waals surface area (Å²) in [4.78, 5) is 0. The molecule has 0 amide bonds. The fourth-order valence-corrected chi connectivity index (χ4v) is 1.46. The van der Waals surface area contributed by atoms with Gasteiger partial charge in [0.2, 0.25) is 0 Å². The number of aryl methyl sites for hydroxylation is 1. The van der Waals surface area contributed by atoms with E-state index in [1.54, 1.807) is 0 Å². The van der Waals surface area contributed by atoms with Crippen molar-refractivity contribution in [1.82, 2.24) is 0 Å². The minimum absolute atomic E-state index is 1.28. The molecule has 62 valence electrons. The topological polar surface area (TPSA) is 0 Å². The van der Waals surface area contributed by atoms with Gasteiger partial charge in [-0.05, 0) is 0 Å². The van der Waals surface area contributed by atoms with Gasteiger partial charge in [-0.2, -0.15) is 0 Å². The molecule has 0 bridgehead atoms. The van der Waals surface area contributed by atoms with Gasteiger partial charge in [-0.15, -0.1) is 0 Å². The third-order valence-electron chi connectivity index (χ3n) is 2.13. The maximum absolute atomic E-state index is 2.20. The molecule has 0 nitrogen and oxygen atoms in total. The Morgan fingerprint density at radius 1 is 0.923 bits per heavy atom. The average molecular weight is 166 g/mol. The van der Waals surface area contributed by atoms with Crippen LogP contribution < -0.4 is 0 Å². The summed E-state index contributed by atoms with van der Waals surface area (Å²) in [7, 11) is 0. The summed E-state index contributed by atoms with van der Waals surface area (Å²) < 4.78 is 0. The van der Waals surface area contributed by atoms with Crippen LogP contribution in [0.25, 0.3) is 11.1 Å². The van der Waals surface area contributed by atoms with Crippen LogP contribution in [0.5, 0.6) is 0 Å². The van der Waals surface area contributed by atoms with Crippen LogP contribution in [0.4, 0.5) is 0 Å². The molecule has 0 saturated heterocycles. The first-order valence-electron chi connectivity index (χ1n) is 4.48. The Kier molecular flexibility index (Phi) is 2.26.